The molecule has 0 radical (unpaired) electrons. The van der Waals surface area contributed by atoms with E-state index in [1.807, 2.05) is 17.2 Å². The fourth-order valence-electron chi connectivity index (χ4n) is 3.88. The Kier molecular flexibility index (Phi) is 4.82. The molecule has 1 spiro atoms. The van der Waals surface area contributed by atoms with Crippen LogP contribution in [0.15, 0.2) is 36.9 Å². The van der Waals surface area contributed by atoms with Crippen molar-refractivity contribution in [2.45, 2.75) is 25.0 Å². The van der Waals surface area contributed by atoms with Crippen LogP contribution in [0.4, 0.5) is 10.3 Å². The molecule has 0 aliphatic carbocycles. The smallest absolute Gasteiger partial charge is 0.225 e. The number of pyridine rings is 1. The minimum absolute atomic E-state index is 0.0732. The molecular formula is C19H24FN5O. The summed E-state index contributed by atoms with van der Waals surface area (Å²) in [5.74, 6) is 0.730. The van der Waals surface area contributed by atoms with Crippen molar-refractivity contribution in [3.8, 4) is 0 Å². The molecule has 1 unspecified atom stereocenters. The molecule has 2 aromatic rings. The van der Waals surface area contributed by atoms with Crippen LogP contribution in [0.25, 0.3) is 0 Å². The second-order valence-corrected chi connectivity index (χ2v) is 7.51. The highest BCUT2D eigenvalue weighted by molar-refractivity contribution is 5.37. The average molecular weight is 357 g/mol. The summed E-state index contributed by atoms with van der Waals surface area (Å²) in [5, 5.41) is 0. The van der Waals surface area contributed by atoms with Gasteiger partial charge in [0.05, 0.1) is 32.1 Å². The van der Waals surface area contributed by atoms with Crippen LogP contribution in [0.2, 0.25) is 0 Å². The van der Waals surface area contributed by atoms with E-state index < -0.39 is 5.82 Å². The molecule has 4 heterocycles. The largest absolute Gasteiger partial charge is 0.371 e. The van der Waals surface area contributed by atoms with Crippen LogP contribution in [0.1, 0.15) is 18.4 Å². The first-order valence-electron chi connectivity index (χ1n) is 9.06. The van der Waals surface area contributed by atoms with Gasteiger partial charge in [0.25, 0.3) is 0 Å². The van der Waals surface area contributed by atoms with Crippen molar-refractivity contribution in [3.63, 3.8) is 0 Å². The Morgan fingerprint density at radius 1 is 1.31 bits per heavy atom. The van der Waals surface area contributed by atoms with Crippen molar-refractivity contribution < 1.29 is 9.13 Å². The molecular weight excluding hydrogens is 333 g/mol. The molecule has 0 bridgehead atoms. The maximum absolute atomic E-state index is 12.9. The molecule has 6 nitrogen and oxygen atoms in total. The van der Waals surface area contributed by atoms with Crippen molar-refractivity contribution in [3.05, 3.63) is 48.3 Å². The molecule has 2 aliphatic rings. The lowest BCUT2D eigenvalue weighted by Crippen LogP contribution is -2.65. The Morgan fingerprint density at radius 2 is 2.12 bits per heavy atom. The standard InChI is InChI=1S/C19H24FN5O/c1-24(10-15-3-2-6-21-7-15)11-16-4-5-19(26-12-16)13-25(14-19)18-22-8-17(20)9-23-18/h2-3,6-9,16H,4-5,10-14H2,1H3. The molecule has 1 atom stereocenters. The van der Waals surface area contributed by atoms with Crippen LogP contribution >= 0.6 is 0 Å². The topological polar surface area (TPSA) is 54.4 Å². The van der Waals surface area contributed by atoms with Gasteiger partial charge in [-0.15, -0.1) is 0 Å². The average Bonchev–Trinajstić information content (AvgIpc) is 2.62. The first-order chi connectivity index (χ1) is 12.6. The summed E-state index contributed by atoms with van der Waals surface area (Å²) in [6, 6.07) is 4.08. The van der Waals surface area contributed by atoms with Crippen molar-refractivity contribution in [1.82, 2.24) is 19.9 Å². The van der Waals surface area contributed by atoms with Gasteiger partial charge >= 0.3 is 0 Å². The van der Waals surface area contributed by atoms with Crippen molar-refractivity contribution in [2.75, 3.05) is 38.2 Å². The Morgan fingerprint density at radius 3 is 2.77 bits per heavy atom. The van der Waals surface area contributed by atoms with E-state index >= 15 is 0 Å². The van der Waals surface area contributed by atoms with E-state index in [2.05, 4.69) is 33.0 Å². The predicted octanol–water partition coefficient (Wildman–Crippen LogP) is 2.13. The second-order valence-electron chi connectivity index (χ2n) is 7.51. The van der Waals surface area contributed by atoms with Gasteiger partial charge in [-0.1, -0.05) is 6.07 Å². The number of hydrogen-bond acceptors (Lipinski definition) is 6. The summed E-state index contributed by atoms with van der Waals surface area (Å²) in [7, 11) is 2.15. The molecule has 4 rings (SSSR count). The van der Waals surface area contributed by atoms with Crippen LogP contribution in [0, 0.1) is 11.7 Å². The first-order valence-corrected chi connectivity index (χ1v) is 9.06. The minimum Gasteiger partial charge on any atom is -0.371 e. The second kappa shape index (κ2) is 7.25. The van der Waals surface area contributed by atoms with Crippen molar-refractivity contribution >= 4 is 5.95 Å². The zero-order chi connectivity index (χ0) is 18.0. The van der Waals surface area contributed by atoms with Gasteiger partial charge in [-0.05, 0) is 37.4 Å². The van der Waals surface area contributed by atoms with Gasteiger partial charge in [-0.25, -0.2) is 14.4 Å². The molecule has 0 N–H and O–H groups in total. The maximum atomic E-state index is 12.9. The van der Waals surface area contributed by atoms with E-state index in [9.17, 15) is 4.39 Å². The summed E-state index contributed by atoms with van der Waals surface area (Å²) < 4.78 is 19.2. The molecule has 7 heteroatoms. The van der Waals surface area contributed by atoms with E-state index in [1.54, 1.807) is 6.20 Å². The third-order valence-corrected chi connectivity index (χ3v) is 5.23. The molecule has 0 aromatic carbocycles. The SMILES string of the molecule is CN(Cc1cccnc1)CC1CCC2(CN(c3ncc(F)cn3)C2)OC1. The predicted molar refractivity (Wildman–Crippen MR) is 96.2 cm³/mol. The third kappa shape index (κ3) is 3.83. The van der Waals surface area contributed by atoms with Crippen LogP contribution in [-0.2, 0) is 11.3 Å². The highest BCUT2D eigenvalue weighted by Gasteiger charge is 2.47. The van der Waals surface area contributed by atoms with Gasteiger partial charge in [0.15, 0.2) is 5.82 Å². The Balaban J connectivity index is 1.23. The minimum atomic E-state index is -0.406. The van der Waals surface area contributed by atoms with Gasteiger partial charge in [0.1, 0.15) is 5.60 Å². The summed E-state index contributed by atoms with van der Waals surface area (Å²) >= 11 is 0. The van der Waals surface area contributed by atoms with Crippen LogP contribution < -0.4 is 4.90 Å². The number of ether oxygens (including phenoxy) is 1. The lowest BCUT2D eigenvalue weighted by molar-refractivity contribution is -0.119. The van der Waals surface area contributed by atoms with Crippen LogP contribution in [0.3, 0.4) is 0 Å². The number of anilines is 1. The zero-order valence-electron chi connectivity index (χ0n) is 15.0. The fraction of sp³-hybridized carbons (Fsp3) is 0.526. The number of aromatic nitrogens is 3. The Bertz CT molecular complexity index is 710. The molecule has 2 fully saturated rings. The van der Waals surface area contributed by atoms with Crippen LogP contribution in [-0.4, -0.2) is 58.7 Å². The molecule has 138 valence electrons. The van der Waals surface area contributed by atoms with E-state index in [0.29, 0.717) is 11.9 Å². The van der Waals surface area contributed by atoms with Gasteiger partial charge in [0, 0.05) is 25.5 Å². The van der Waals surface area contributed by atoms with E-state index in [1.165, 1.54) is 18.0 Å². The Labute approximate surface area is 153 Å². The summed E-state index contributed by atoms with van der Waals surface area (Å²) in [6.45, 7) is 4.30. The van der Waals surface area contributed by atoms with E-state index in [-0.39, 0.29) is 5.60 Å². The number of hydrogen-bond donors (Lipinski definition) is 0. The van der Waals surface area contributed by atoms with Crippen LogP contribution in [0.5, 0.6) is 0 Å². The molecule has 0 saturated carbocycles. The highest BCUT2D eigenvalue weighted by Crippen LogP contribution is 2.37. The summed E-state index contributed by atoms with van der Waals surface area (Å²) in [6.07, 6.45) is 8.36. The van der Waals surface area contributed by atoms with Crippen molar-refractivity contribution in [1.29, 1.82) is 0 Å². The summed E-state index contributed by atoms with van der Waals surface area (Å²) in [5.41, 5.74) is 1.16. The molecule has 2 saturated heterocycles. The highest BCUT2D eigenvalue weighted by atomic mass is 19.1. The third-order valence-electron chi connectivity index (χ3n) is 5.23. The Hall–Kier alpha value is -2.12. The van der Waals surface area contributed by atoms with Crippen molar-refractivity contribution in [2.24, 2.45) is 5.92 Å². The fourth-order valence-corrected chi connectivity index (χ4v) is 3.88. The number of nitrogens with zero attached hydrogens (tertiary/aromatic N) is 5. The molecule has 2 aromatic heterocycles. The summed E-state index contributed by atoms with van der Waals surface area (Å²) in [4.78, 5) is 16.6. The number of halogens is 1. The molecule has 26 heavy (non-hydrogen) atoms. The number of rotatable bonds is 5. The van der Waals surface area contributed by atoms with Gasteiger partial charge < -0.3 is 14.5 Å². The first kappa shape index (κ1) is 17.3. The molecule has 2 aliphatic heterocycles. The van der Waals surface area contributed by atoms with Gasteiger partial charge in [0.2, 0.25) is 5.95 Å². The quantitative estimate of drug-likeness (QED) is 0.817. The monoisotopic (exact) mass is 357 g/mol. The zero-order valence-corrected chi connectivity index (χ0v) is 15.0. The lowest BCUT2D eigenvalue weighted by atomic mass is 9.83. The van der Waals surface area contributed by atoms with E-state index in [0.717, 1.165) is 45.6 Å². The van der Waals surface area contributed by atoms with Gasteiger partial charge in [-0.2, -0.15) is 0 Å². The van der Waals surface area contributed by atoms with E-state index in [4.69, 9.17) is 4.74 Å². The molecule has 0 amide bonds. The maximum Gasteiger partial charge on any atom is 0.225 e. The van der Waals surface area contributed by atoms with Gasteiger partial charge in [-0.3, -0.25) is 4.98 Å². The lowest BCUT2D eigenvalue weighted by Gasteiger charge is -2.52. The normalized spacial score (nSPS) is 21.8.